The number of pyridine rings is 1. The lowest BCUT2D eigenvalue weighted by molar-refractivity contribution is -0.114. The number of carbonyl (C=O) groups is 2. The average molecular weight is 632 g/mol. The van der Waals surface area contributed by atoms with Crippen molar-refractivity contribution in [2.75, 3.05) is 24.3 Å². The van der Waals surface area contributed by atoms with Crippen LogP contribution in [0.25, 0.3) is 33.6 Å². The molecule has 2 amide bonds. The molecule has 2 unspecified atom stereocenters. The number of nitrogens with one attached hydrogen (secondary N) is 2. The fourth-order valence-electron chi connectivity index (χ4n) is 7.84. The Morgan fingerprint density at radius 1 is 1.02 bits per heavy atom. The summed E-state index contributed by atoms with van der Waals surface area (Å²) in [6.45, 7) is 6.08. The summed E-state index contributed by atoms with van der Waals surface area (Å²) in [5, 5.41) is 7.36. The first-order valence-electron chi connectivity index (χ1n) is 16.7. The van der Waals surface area contributed by atoms with Crippen LogP contribution in [-0.2, 0) is 24.9 Å². The molecule has 2 aliphatic carbocycles. The van der Waals surface area contributed by atoms with Gasteiger partial charge >= 0.3 is 0 Å². The molecule has 2 bridgehead atoms. The minimum absolute atomic E-state index is 0.0744. The molecule has 3 aromatic heterocycles. The third-order valence-electron chi connectivity index (χ3n) is 10.5. The first-order chi connectivity index (χ1) is 22.8. The SMILES string of the molecule is COc1cc(C(=O)N2CC3CCC2[C@@H]3C)cc2nc(-c3cc4ccc(NCc5cccc(NC(C)=O)c5)nc4n3CC3CC3)n(C)c12. The monoisotopic (exact) mass is 631 g/mol. The number of ether oxygens (including phenoxy) is 1. The van der Waals surface area contributed by atoms with Crippen LogP contribution < -0.4 is 15.4 Å². The molecular weight excluding hydrogens is 590 g/mol. The van der Waals surface area contributed by atoms with E-state index >= 15 is 0 Å². The molecule has 47 heavy (non-hydrogen) atoms. The fourth-order valence-corrected chi connectivity index (χ4v) is 7.84. The van der Waals surface area contributed by atoms with E-state index in [0.29, 0.717) is 41.7 Å². The zero-order valence-electron chi connectivity index (χ0n) is 27.4. The predicted molar refractivity (Wildman–Crippen MR) is 184 cm³/mol. The van der Waals surface area contributed by atoms with Crippen molar-refractivity contribution in [1.29, 1.82) is 0 Å². The molecule has 2 aromatic carbocycles. The predicted octanol–water partition coefficient (Wildman–Crippen LogP) is 6.45. The van der Waals surface area contributed by atoms with Crippen LogP contribution in [0, 0.1) is 17.8 Å². The van der Waals surface area contributed by atoms with E-state index in [9.17, 15) is 9.59 Å². The quantitative estimate of drug-likeness (QED) is 0.194. The van der Waals surface area contributed by atoms with Gasteiger partial charge in [0.25, 0.3) is 5.91 Å². The molecule has 1 aliphatic heterocycles. The number of fused-ring (bicyclic) bond motifs is 4. The maximum atomic E-state index is 13.8. The van der Waals surface area contributed by atoms with Crippen molar-refractivity contribution >= 4 is 45.4 Å². The Morgan fingerprint density at radius 2 is 1.87 bits per heavy atom. The number of benzene rings is 2. The Labute approximate surface area is 274 Å². The van der Waals surface area contributed by atoms with Gasteiger partial charge in [-0.05, 0) is 91.5 Å². The number of carbonyl (C=O) groups excluding carboxylic acids is 2. The highest BCUT2D eigenvalue weighted by Crippen LogP contribution is 2.44. The first-order valence-corrected chi connectivity index (χ1v) is 16.7. The average Bonchev–Trinajstić information content (AvgIpc) is 3.47. The Kier molecular flexibility index (Phi) is 7.19. The van der Waals surface area contributed by atoms with Gasteiger partial charge in [0.1, 0.15) is 22.7 Å². The van der Waals surface area contributed by atoms with Crippen molar-refractivity contribution in [3.05, 3.63) is 65.7 Å². The van der Waals surface area contributed by atoms with Crippen LogP contribution in [-0.4, -0.2) is 55.5 Å². The van der Waals surface area contributed by atoms with Crippen LogP contribution in [0.2, 0.25) is 0 Å². The second-order valence-corrected chi connectivity index (χ2v) is 13.7. The zero-order valence-corrected chi connectivity index (χ0v) is 27.4. The molecule has 10 heteroatoms. The van der Waals surface area contributed by atoms with Gasteiger partial charge in [-0.1, -0.05) is 19.1 Å². The highest BCUT2D eigenvalue weighted by atomic mass is 16.5. The molecule has 0 radical (unpaired) electrons. The van der Waals surface area contributed by atoms with Crippen molar-refractivity contribution in [2.24, 2.45) is 24.8 Å². The lowest BCUT2D eigenvalue weighted by atomic mass is 10.0. The van der Waals surface area contributed by atoms with Crippen molar-refractivity contribution in [2.45, 2.75) is 58.7 Å². The largest absolute Gasteiger partial charge is 0.494 e. The Bertz CT molecular complexity index is 2040. The van der Waals surface area contributed by atoms with E-state index in [2.05, 4.69) is 43.7 Å². The summed E-state index contributed by atoms with van der Waals surface area (Å²) in [5.41, 5.74) is 5.99. The molecule has 3 fully saturated rings. The molecule has 2 saturated carbocycles. The third kappa shape index (κ3) is 5.29. The smallest absolute Gasteiger partial charge is 0.254 e. The number of hydrogen-bond donors (Lipinski definition) is 2. The van der Waals surface area contributed by atoms with Crippen molar-refractivity contribution < 1.29 is 14.3 Å². The van der Waals surface area contributed by atoms with Gasteiger partial charge in [0.2, 0.25) is 5.91 Å². The molecule has 5 aromatic rings. The molecule has 4 heterocycles. The number of likely N-dealkylation sites (tertiary alicyclic amines) is 1. The number of anilines is 2. The Morgan fingerprint density at radius 3 is 2.60 bits per heavy atom. The number of aryl methyl sites for hydroxylation is 1. The van der Waals surface area contributed by atoms with Gasteiger partial charge < -0.3 is 29.4 Å². The van der Waals surface area contributed by atoms with Crippen LogP contribution >= 0.6 is 0 Å². The molecular formula is C37H41N7O3. The van der Waals surface area contributed by atoms with Crippen LogP contribution in [0.15, 0.2) is 54.6 Å². The molecule has 10 nitrogen and oxygen atoms in total. The van der Waals surface area contributed by atoms with Crippen LogP contribution in [0.1, 0.15) is 55.5 Å². The summed E-state index contributed by atoms with van der Waals surface area (Å²) in [5.74, 6) is 4.02. The summed E-state index contributed by atoms with van der Waals surface area (Å²) in [4.78, 5) is 37.6. The maximum absolute atomic E-state index is 13.8. The number of amides is 2. The summed E-state index contributed by atoms with van der Waals surface area (Å²) in [7, 11) is 3.68. The molecule has 242 valence electrons. The standard InChI is InChI=1S/C37H41N7O3/c1-21-26-10-12-30(21)44(20-26)37(46)27-15-29-34(32(17-27)47-4)42(3)36(40-29)31-16-25-11-13-33(41-35(25)43(31)19-23-8-9-23)38-18-24-6-5-7-28(14-24)39-22(2)45/h5-7,11,13-17,21,23,26,30H,8-10,12,18-20H2,1-4H3,(H,38,41)(H,39,45)/t21-,26?,30?/m1/s1. The van der Waals surface area contributed by atoms with E-state index in [-0.39, 0.29) is 11.8 Å². The van der Waals surface area contributed by atoms with Crippen molar-refractivity contribution in [3.8, 4) is 17.3 Å². The van der Waals surface area contributed by atoms with Gasteiger partial charge in [0.15, 0.2) is 5.82 Å². The van der Waals surface area contributed by atoms with E-state index in [1.807, 2.05) is 49.5 Å². The Balaban J connectivity index is 1.14. The van der Waals surface area contributed by atoms with Crippen molar-refractivity contribution in [1.82, 2.24) is 24.0 Å². The first kappa shape index (κ1) is 29.5. The number of aromatic nitrogens is 4. The lowest BCUT2D eigenvalue weighted by Gasteiger charge is -2.27. The second-order valence-electron chi connectivity index (χ2n) is 13.7. The minimum Gasteiger partial charge on any atom is -0.494 e. The number of methoxy groups -OCH3 is 1. The highest BCUT2D eigenvalue weighted by Gasteiger charge is 2.46. The normalized spacial score (nSPS) is 20.3. The molecule has 0 spiro atoms. The van der Waals surface area contributed by atoms with Gasteiger partial charge in [-0.25, -0.2) is 9.97 Å². The lowest BCUT2D eigenvalue weighted by Crippen LogP contribution is -2.38. The van der Waals surface area contributed by atoms with Gasteiger partial charge in [0.05, 0.1) is 18.3 Å². The van der Waals surface area contributed by atoms with E-state index in [1.54, 1.807) is 7.11 Å². The number of imidazole rings is 1. The molecule has 2 N–H and O–H groups in total. The van der Waals surface area contributed by atoms with Gasteiger partial charge in [-0.15, -0.1) is 0 Å². The van der Waals surface area contributed by atoms with Gasteiger partial charge in [-0.3, -0.25) is 9.59 Å². The van der Waals surface area contributed by atoms with Crippen LogP contribution in [0.3, 0.4) is 0 Å². The van der Waals surface area contributed by atoms with Gasteiger partial charge in [0, 0.05) is 56.3 Å². The fraction of sp³-hybridized carbons (Fsp3) is 0.405. The second kappa shape index (κ2) is 11.4. The number of hydrogen-bond acceptors (Lipinski definition) is 6. The van der Waals surface area contributed by atoms with E-state index in [0.717, 1.165) is 70.2 Å². The van der Waals surface area contributed by atoms with Crippen LogP contribution in [0.4, 0.5) is 11.5 Å². The minimum atomic E-state index is -0.0918. The summed E-state index contributed by atoms with van der Waals surface area (Å²) < 4.78 is 10.3. The van der Waals surface area contributed by atoms with Crippen LogP contribution in [0.5, 0.6) is 5.75 Å². The topological polar surface area (TPSA) is 106 Å². The van der Waals surface area contributed by atoms with E-state index < -0.39 is 0 Å². The summed E-state index contributed by atoms with van der Waals surface area (Å²) in [6, 6.07) is 18.3. The number of rotatable bonds is 9. The molecule has 1 saturated heterocycles. The zero-order chi connectivity index (χ0) is 32.4. The molecule has 8 rings (SSSR count). The molecule has 3 aliphatic rings. The Hall–Kier alpha value is -4.86. The third-order valence-corrected chi connectivity index (χ3v) is 10.5. The number of nitrogens with zero attached hydrogens (tertiary/aromatic N) is 5. The molecule has 3 atom stereocenters. The van der Waals surface area contributed by atoms with E-state index in [4.69, 9.17) is 14.7 Å². The van der Waals surface area contributed by atoms with E-state index in [1.165, 1.54) is 26.2 Å². The summed E-state index contributed by atoms with van der Waals surface area (Å²) in [6.07, 6.45) is 4.73. The van der Waals surface area contributed by atoms with Crippen molar-refractivity contribution in [3.63, 3.8) is 0 Å². The summed E-state index contributed by atoms with van der Waals surface area (Å²) >= 11 is 0. The highest BCUT2D eigenvalue weighted by molar-refractivity contribution is 6.00. The van der Waals surface area contributed by atoms with Gasteiger partial charge in [-0.2, -0.15) is 0 Å². The maximum Gasteiger partial charge on any atom is 0.254 e. The number of piperidine rings is 1.